The highest BCUT2D eigenvalue weighted by atomic mass is 16.6. The van der Waals surface area contributed by atoms with Crippen LogP contribution < -0.4 is 0 Å². The van der Waals surface area contributed by atoms with Gasteiger partial charge in [0.15, 0.2) is 0 Å². The van der Waals surface area contributed by atoms with Crippen LogP contribution in [0, 0.1) is 22.0 Å². The van der Waals surface area contributed by atoms with Crippen molar-refractivity contribution in [1.82, 2.24) is 0 Å². The molecule has 0 bridgehead atoms. The van der Waals surface area contributed by atoms with E-state index in [9.17, 15) is 14.9 Å². The van der Waals surface area contributed by atoms with Gasteiger partial charge in [-0.3, -0.25) is 14.9 Å². The molecule has 0 aliphatic carbocycles. The Hall–Kier alpha value is -1.83. The van der Waals surface area contributed by atoms with E-state index in [2.05, 4.69) is 24.0 Å². The number of carboxylic acid groups (broad SMARTS) is 1. The van der Waals surface area contributed by atoms with Crippen LogP contribution in [0.2, 0.25) is 0 Å². The fraction of sp³-hybridized carbons (Fsp3) is 0.722. The predicted molar refractivity (Wildman–Crippen MR) is 91.8 cm³/mol. The molecule has 0 aromatic rings. The first-order valence-corrected chi connectivity index (χ1v) is 8.57. The molecular weight excluding hydrogens is 294 g/mol. The second kappa shape index (κ2) is 16.5. The van der Waals surface area contributed by atoms with Crippen molar-refractivity contribution in [2.75, 3.05) is 6.54 Å². The van der Waals surface area contributed by atoms with Gasteiger partial charge in [0, 0.05) is 30.6 Å². The average Bonchev–Trinajstić information content (AvgIpc) is 2.49. The smallest absolute Gasteiger partial charge is 0.303 e. The van der Waals surface area contributed by atoms with Crippen LogP contribution in [0.4, 0.5) is 0 Å². The lowest BCUT2D eigenvalue weighted by Crippen LogP contribution is -1.99. The Kier molecular flexibility index (Phi) is 15.2. The number of aliphatic carboxylic acids is 1. The van der Waals surface area contributed by atoms with Gasteiger partial charge < -0.3 is 5.11 Å². The molecule has 0 fully saturated rings. The summed E-state index contributed by atoms with van der Waals surface area (Å²) in [6.45, 7) is 0.0652. The Morgan fingerprint density at radius 1 is 0.957 bits per heavy atom. The molecule has 5 nitrogen and oxygen atoms in total. The number of carbonyl (C=O) groups is 1. The summed E-state index contributed by atoms with van der Waals surface area (Å²) in [4.78, 5) is 20.2. The molecule has 0 heterocycles. The van der Waals surface area contributed by atoms with Crippen molar-refractivity contribution in [2.45, 2.75) is 77.0 Å². The van der Waals surface area contributed by atoms with Crippen molar-refractivity contribution in [3.8, 4) is 11.8 Å². The van der Waals surface area contributed by atoms with Crippen LogP contribution in [0.15, 0.2) is 12.2 Å². The molecule has 5 heteroatoms. The summed E-state index contributed by atoms with van der Waals surface area (Å²) in [5.74, 6) is 5.47. The van der Waals surface area contributed by atoms with Gasteiger partial charge in [-0.2, -0.15) is 0 Å². The minimum Gasteiger partial charge on any atom is -0.481 e. The third-order valence-corrected chi connectivity index (χ3v) is 3.42. The highest BCUT2D eigenvalue weighted by molar-refractivity contribution is 5.66. The largest absolute Gasteiger partial charge is 0.481 e. The van der Waals surface area contributed by atoms with E-state index in [4.69, 9.17) is 5.11 Å². The third-order valence-electron chi connectivity index (χ3n) is 3.42. The lowest BCUT2D eigenvalue weighted by atomic mass is 10.1. The average molecular weight is 323 g/mol. The van der Waals surface area contributed by atoms with Gasteiger partial charge >= 0.3 is 5.97 Å². The predicted octanol–water partition coefficient (Wildman–Crippen LogP) is 4.59. The van der Waals surface area contributed by atoms with Crippen LogP contribution >= 0.6 is 0 Å². The maximum Gasteiger partial charge on any atom is 0.303 e. The Morgan fingerprint density at radius 2 is 1.65 bits per heavy atom. The fourth-order valence-electron chi connectivity index (χ4n) is 2.12. The van der Waals surface area contributed by atoms with E-state index in [1.807, 2.05) is 0 Å². The molecule has 0 rings (SSSR count). The first-order valence-electron chi connectivity index (χ1n) is 8.57. The standard InChI is InChI=1S/C18H29NO4/c20-18(21)16-14-12-10-8-6-4-2-1-3-5-7-9-11-13-15-17-19(22)23/h1-2H,3-4,6,8-17H2,(H,20,21). The van der Waals surface area contributed by atoms with Crippen molar-refractivity contribution in [3.05, 3.63) is 22.3 Å². The second-order valence-corrected chi connectivity index (χ2v) is 5.60. The fourth-order valence-corrected chi connectivity index (χ4v) is 2.12. The van der Waals surface area contributed by atoms with Gasteiger partial charge in [-0.25, -0.2) is 0 Å². The van der Waals surface area contributed by atoms with Crippen LogP contribution in [-0.4, -0.2) is 22.5 Å². The van der Waals surface area contributed by atoms with E-state index in [-0.39, 0.29) is 17.9 Å². The molecule has 0 saturated heterocycles. The number of unbranched alkanes of at least 4 members (excludes halogenated alkanes) is 8. The molecule has 130 valence electrons. The van der Waals surface area contributed by atoms with Crippen molar-refractivity contribution in [1.29, 1.82) is 0 Å². The molecular formula is C18H29NO4. The number of nitrogens with zero attached hydrogens (tertiary/aromatic N) is 1. The lowest BCUT2D eigenvalue weighted by Gasteiger charge is -1.97. The quantitative estimate of drug-likeness (QED) is 0.167. The number of carboxylic acids is 1. The summed E-state index contributed by atoms with van der Waals surface area (Å²) in [6.07, 6.45) is 14.8. The Labute approximate surface area is 139 Å². The summed E-state index contributed by atoms with van der Waals surface area (Å²) in [7, 11) is 0. The van der Waals surface area contributed by atoms with E-state index in [0.717, 1.165) is 64.2 Å². The van der Waals surface area contributed by atoms with E-state index < -0.39 is 5.97 Å². The monoisotopic (exact) mass is 323 g/mol. The Morgan fingerprint density at radius 3 is 2.39 bits per heavy atom. The van der Waals surface area contributed by atoms with Crippen LogP contribution in [0.1, 0.15) is 77.0 Å². The Balaban J connectivity index is 3.27. The van der Waals surface area contributed by atoms with Crippen molar-refractivity contribution in [2.24, 2.45) is 0 Å². The van der Waals surface area contributed by atoms with Crippen molar-refractivity contribution in [3.63, 3.8) is 0 Å². The normalized spacial score (nSPS) is 10.4. The summed E-state index contributed by atoms with van der Waals surface area (Å²) in [6, 6.07) is 0. The zero-order chi connectivity index (χ0) is 17.2. The summed E-state index contributed by atoms with van der Waals surface area (Å²) in [5.41, 5.74) is 0. The molecule has 0 aromatic heterocycles. The zero-order valence-electron chi connectivity index (χ0n) is 14.0. The lowest BCUT2D eigenvalue weighted by molar-refractivity contribution is -0.480. The molecule has 23 heavy (non-hydrogen) atoms. The molecule has 0 atom stereocenters. The van der Waals surface area contributed by atoms with Gasteiger partial charge in [0.2, 0.25) is 6.54 Å². The molecule has 0 saturated carbocycles. The van der Waals surface area contributed by atoms with Gasteiger partial charge in [-0.15, -0.1) is 5.92 Å². The van der Waals surface area contributed by atoms with Gasteiger partial charge in [-0.05, 0) is 32.1 Å². The summed E-state index contributed by atoms with van der Waals surface area (Å²) in [5, 5.41) is 18.6. The van der Waals surface area contributed by atoms with E-state index in [1.54, 1.807) is 0 Å². The van der Waals surface area contributed by atoms with Crippen molar-refractivity contribution < 1.29 is 14.8 Å². The molecule has 0 amide bonds. The van der Waals surface area contributed by atoms with E-state index in [1.165, 1.54) is 0 Å². The first-order chi connectivity index (χ1) is 11.1. The number of hydrogen-bond acceptors (Lipinski definition) is 3. The molecule has 0 spiro atoms. The number of rotatable bonds is 14. The molecule has 0 aromatic carbocycles. The van der Waals surface area contributed by atoms with Crippen LogP contribution in [0.3, 0.4) is 0 Å². The van der Waals surface area contributed by atoms with Gasteiger partial charge in [0.1, 0.15) is 0 Å². The zero-order valence-corrected chi connectivity index (χ0v) is 14.0. The SMILES string of the molecule is O=C(O)CCCCCCCC=CCC#CCCCCC[N+](=O)[O-]. The van der Waals surface area contributed by atoms with E-state index >= 15 is 0 Å². The maximum atomic E-state index is 10.3. The number of hydrogen-bond donors (Lipinski definition) is 1. The number of allylic oxidation sites excluding steroid dienone is 2. The third kappa shape index (κ3) is 20.2. The highest BCUT2D eigenvalue weighted by Crippen LogP contribution is 2.07. The first kappa shape index (κ1) is 21.2. The van der Waals surface area contributed by atoms with Crippen molar-refractivity contribution >= 4 is 5.97 Å². The van der Waals surface area contributed by atoms with Crippen LogP contribution in [0.25, 0.3) is 0 Å². The summed E-state index contributed by atoms with van der Waals surface area (Å²) >= 11 is 0. The minimum absolute atomic E-state index is 0.0652. The molecule has 1 N–H and O–H groups in total. The molecule has 0 aliphatic rings. The second-order valence-electron chi connectivity index (χ2n) is 5.60. The van der Waals surface area contributed by atoms with Crippen LogP contribution in [0.5, 0.6) is 0 Å². The van der Waals surface area contributed by atoms with Gasteiger partial charge in [-0.1, -0.05) is 37.3 Å². The van der Waals surface area contributed by atoms with Gasteiger partial charge in [0.05, 0.1) is 0 Å². The molecule has 0 unspecified atom stereocenters. The number of nitro groups is 1. The minimum atomic E-state index is -0.703. The maximum absolute atomic E-state index is 10.3. The molecule has 0 radical (unpaired) electrons. The highest BCUT2D eigenvalue weighted by Gasteiger charge is 1.96. The van der Waals surface area contributed by atoms with E-state index in [0.29, 0.717) is 6.42 Å². The van der Waals surface area contributed by atoms with Gasteiger partial charge in [0.25, 0.3) is 0 Å². The Bertz CT molecular complexity index is 407. The molecule has 0 aliphatic heterocycles. The topological polar surface area (TPSA) is 80.4 Å². The summed E-state index contributed by atoms with van der Waals surface area (Å²) < 4.78 is 0. The van der Waals surface area contributed by atoms with Crippen LogP contribution in [-0.2, 0) is 4.79 Å².